The van der Waals surface area contributed by atoms with Crippen molar-refractivity contribution in [1.29, 1.82) is 0 Å². The highest BCUT2D eigenvalue weighted by Crippen LogP contribution is 2.40. The summed E-state index contributed by atoms with van der Waals surface area (Å²) < 4.78 is 7.45. The molecule has 5 rings (SSSR count). The van der Waals surface area contributed by atoms with Gasteiger partial charge in [-0.2, -0.15) is 0 Å². The highest BCUT2D eigenvalue weighted by Gasteiger charge is 2.43. The number of hydrogen-bond donors (Lipinski definition) is 3. The molecule has 2 aromatic carbocycles. The summed E-state index contributed by atoms with van der Waals surface area (Å²) in [6, 6.07) is 14.2. The summed E-state index contributed by atoms with van der Waals surface area (Å²) in [4.78, 5) is 17.6. The lowest BCUT2D eigenvalue weighted by Crippen LogP contribution is -2.46. The molecule has 0 spiro atoms. The average molecular weight is 406 g/mol. The highest BCUT2D eigenvalue weighted by molar-refractivity contribution is 5.82. The fourth-order valence-corrected chi connectivity index (χ4v) is 4.87. The first-order valence-corrected chi connectivity index (χ1v) is 10.5. The number of methoxy groups -OCH3 is 1. The summed E-state index contributed by atoms with van der Waals surface area (Å²) >= 11 is 0. The van der Waals surface area contributed by atoms with Gasteiger partial charge in [0, 0.05) is 25.9 Å². The number of nitrogens with zero attached hydrogens (tertiary/aromatic N) is 2. The molecule has 0 bridgehead atoms. The SMILES string of the molecule is COc1ccc2c(c1)CCC1C(C(=O)NCCc3nc4ccccc4n3C)NNC21. The summed E-state index contributed by atoms with van der Waals surface area (Å²) in [7, 11) is 3.71. The van der Waals surface area contributed by atoms with Gasteiger partial charge in [-0.25, -0.2) is 15.8 Å². The molecule has 2 aliphatic rings. The first-order chi connectivity index (χ1) is 14.7. The minimum absolute atomic E-state index is 0.0470. The predicted octanol–water partition coefficient (Wildman–Crippen LogP) is 2.02. The molecule has 30 heavy (non-hydrogen) atoms. The molecule has 3 N–H and O–H groups in total. The number of carbonyl (C=O) groups excluding carboxylic acids is 1. The van der Waals surface area contributed by atoms with Crippen molar-refractivity contribution in [2.45, 2.75) is 31.3 Å². The van der Waals surface area contributed by atoms with E-state index in [2.05, 4.69) is 43.9 Å². The van der Waals surface area contributed by atoms with E-state index in [1.165, 1.54) is 11.1 Å². The van der Waals surface area contributed by atoms with Crippen molar-refractivity contribution >= 4 is 16.9 Å². The summed E-state index contributed by atoms with van der Waals surface area (Å²) in [6.45, 7) is 0.569. The van der Waals surface area contributed by atoms with Gasteiger partial charge in [0.15, 0.2) is 0 Å². The quantitative estimate of drug-likeness (QED) is 0.605. The molecule has 7 nitrogen and oxygen atoms in total. The zero-order valence-corrected chi connectivity index (χ0v) is 17.3. The second-order valence-electron chi connectivity index (χ2n) is 8.13. The second kappa shape index (κ2) is 7.74. The van der Waals surface area contributed by atoms with Gasteiger partial charge < -0.3 is 14.6 Å². The Bertz CT molecular complexity index is 1090. The summed E-state index contributed by atoms with van der Waals surface area (Å²) in [5, 5.41) is 3.11. The minimum atomic E-state index is -0.231. The number of aryl methyl sites for hydroxylation is 2. The largest absolute Gasteiger partial charge is 0.497 e. The third kappa shape index (κ3) is 3.24. The number of para-hydroxylation sites is 2. The van der Waals surface area contributed by atoms with E-state index in [0.717, 1.165) is 35.4 Å². The smallest absolute Gasteiger partial charge is 0.238 e. The standard InChI is InChI=1S/C23H27N5O2/c1-28-19-6-4-3-5-18(19)25-20(28)11-12-24-23(29)22-17-9-7-14-13-15(30-2)8-10-16(14)21(17)26-27-22/h3-6,8,10,13,17,21-22,26-27H,7,9,11-12H2,1-2H3,(H,24,29). The van der Waals surface area contributed by atoms with Crippen molar-refractivity contribution < 1.29 is 9.53 Å². The van der Waals surface area contributed by atoms with Crippen LogP contribution in [0.15, 0.2) is 42.5 Å². The Morgan fingerprint density at radius 2 is 2.13 bits per heavy atom. The van der Waals surface area contributed by atoms with Crippen molar-refractivity contribution in [2.75, 3.05) is 13.7 Å². The van der Waals surface area contributed by atoms with Crippen LogP contribution in [0.25, 0.3) is 11.0 Å². The van der Waals surface area contributed by atoms with Gasteiger partial charge in [-0.3, -0.25) is 4.79 Å². The van der Waals surface area contributed by atoms with Crippen LogP contribution in [0.5, 0.6) is 5.75 Å². The number of ether oxygens (including phenoxy) is 1. The van der Waals surface area contributed by atoms with Gasteiger partial charge in [0.1, 0.15) is 17.6 Å². The molecular formula is C23H27N5O2. The van der Waals surface area contributed by atoms with E-state index in [-0.39, 0.29) is 23.9 Å². The van der Waals surface area contributed by atoms with Gasteiger partial charge in [-0.1, -0.05) is 18.2 Å². The van der Waals surface area contributed by atoms with E-state index in [0.29, 0.717) is 13.0 Å². The van der Waals surface area contributed by atoms with Crippen LogP contribution in [0.1, 0.15) is 29.4 Å². The molecule has 1 aliphatic heterocycles. The third-order valence-corrected chi connectivity index (χ3v) is 6.49. The number of imidazole rings is 1. The van der Waals surface area contributed by atoms with E-state index in [1.54, 1.807) is 7.11 Å². The van der Waals surface area contributed by atoms with Crippen LogP contribution in [-0.2, 0) is 24.7 Å². The lowest BCUT2D eigenvalue weighted by molar-refractivity contribution is -0.123. The van der Waals surface area contributed by atoms with Gasteiger partial charge in [0.05, 0.1) is 24.2 Å². The molecule has 1 saturated heterocycles. The van der Waals surface area contributed by atoms with Gasteiger partial charge in [0.25, 0.3) is 0 Å². The first-order valence-electron chi connectivity index (χ1n) is 10.5. The highest BCUT2D eigenvalue weighted by atomic mass is 16.5. The Morgan fingerprint density at radius 1 is 1.27 bits per heavy atom. The molecule has 2 heterocycles. The topological polar surface area (TPSA) is 80.2 Å². The number of benzene rings is 2. The number of rotatable bonds is 5. The van der Waals surface area contributed by atoms with Gasteiger partial charge >= 0.3 is 0 Å². The molecule has 1 aliphatic carbocycles. The molecule has 0 radical (unpaired) electrons. The molecule has 3 atom stereocenters. The molecule has 0 saturated carbocycles. The first kappa shape index (κ1) is 19.1. The molecule has 1 amide bonds. The average Bonchev–Trinajstić information content (AvgIpc) is 3.35. The van der Waals surface area contributed by atoms with E-state index in [9.17, 15) is 4.79 Å². The van der Waals surface area contributed by atoms with Crippen LogP contribution in [0.2, 0.25) is 0 Å². The lowest BCUT2D eigenvalue weighted by Gasteiger charge is -2.29. The monoisotopic (exact) mass is 405 g/mol. The van der Waals surface area contributed by atoms with E-state index >= 15 is 0 Å². The Hall–Kier alpha value is -2.90. The molecule has 1 aromatic heterocycles. The number of aromatic nitrogens is 2. The Kier molecular flexibility index (Phi) is 4.92. The van der Waals surface area contributed by atoms with Crippen molar-refractivity contribution in [3.05, 3.63) is 59.4 Å². The Labute approximate surface area is 175 Å². The maximum absolute atomic E-state index is 12.9. The van der Waals surface area contributed by atoms with Crippen molar-refractivity contribution in [3.63, 3.8) is 0 Å². The molecule has 1 fully saturated rings. The van der Waals surface area contributed by atoms with Crippen LogP contribution < -0.4 is 20.9 Å². The fraction of sp³-hybridized carbons (Fsp3) is 0.391. The Morgan fingerprint density at radius 3 is 2.97 bits per heavy atom. The molecule has 156 valence electrons. The van der Waals surface area contributed by atoms with Crippen molar-refractivity contribution in [2.24, 2.45) is 13.0 Å². The number of carbonyl (C=O) groups is 1. The van der Waals surface area contributed by atoms with Crippen LogP contribution >= 0.6 is 0 Å². The summed E-state index contributed by atoms with van der Waals surface area (Å²) in [5.41, 5.74) is 11.2. The zero-order valence-electron chi connectivity index (χ0n) is 17.3. The predicted molar refractivity (Wildman–Crippen MR) is 115 cm³/mol. The molecule has 7 heteroatoms. The van der Waals surface area contributed by atoms with Crippen LogP contribution in [0, 0.1) is 5.92 Å². The maximum Gasteiger partial charge on any atom is 0.238 e. The molecule has 3 unspecified atom stereocenters. The van der Waals surface area contributed by atoms with Crippen molar-refractivity contribution in [1.82, 2.24) is 25.7 Å². The van der Waals surface area contributed by atoms with Gasteiger partial charge in [-0.05, 0) is 48.2 Å². The zero-order chi connectivity index (χ0) is 20.7. The normalized spacial score (nSPS) is 22.5. The van der Waals surface area contributed by atoms with Crippen LogP contribution in [0.4, 0.5) is 0 Å². The summed E-state index contributed by atoms with van der Waals surface area (Å²) in [5.74, 6) is 2.15. The fourth-order valence-electron chi connectivity index (χ4n) is 4.87. The van der Waals surface area contributed by atoms with Crippen molar-refractivity contribution in [3.8, 4) is 5.75 Å². The third-order valence-electron chi connectivity index (χ3n) is 6.49. The maximum atomic E-state index is 12.9. The van der Waals surface area contributed by atoms with E-state index in [1.807, 2.05) is 31.3 Å². The molecular weight excluding hydrogens is 378 g/mol. The molecule has 3 aromatic rings. The van der Waals surface area contributed by atoms with E-state index < -0.39 is 0 Å². The van der Waals surface area contributed by atoms with Crippen LogP contribution in [-0.4, -0.2) is 35.2 Å². The van der Waals surface area contributed by atoms with E-state index in [4.69, 9.17) is 4.74 Å². The number of nitrogens with one attached hydrogen (secondary N) is 3. The Balaban J connectivity index is 1.22. The van der Waals surface area contributed by atoms with Crippen LogP contribution in [0.3, 0.4) is 0 Å². The minimum Gasteiger partial charge on any atom is -0.497 e. The second-order valence-corrected chi connectivity index (χ2v) is 8.13. The number of amides is 1. The number of hydrogen-bond acceptors (Lipinski definition) is 5. The lowest BCUT2D eigenvalue weighted by atomic mass is 9.77. The summed E-state index contributed by atoms with van der Waals surface area (Å²) in [6.07, 6.45) is 2.63. The van der Waals surface area contributed by atoms with Gasteiger partial charge in [0.2, 0.25) is 5.91 Å². The van der Waals surface area contributed by atoms with Gasteiger partial charge in [-0.15, -0.1) is 0 Å². The number of fused-ring (bicyclic) bond motifs is 4. The number of hydrazine groups is 1.